The number of likely N-dealkylation sites (tertiary alicyclic amines) is 1. The van der Waals surface area contributed by atoms with Crippen LogP contribution in [0.4, 0.5) is 11.6 Å². The van der Waals surface area contributed by atoms with Gasteiger partial charge in [0.1, 0.15) is 0 Å². The molecule has 16 heteroatoms. The van der Waals surface area contributed by atoms with Crippen LogP contribution >= 0.6 is 11.6 Å². The Kier molecular flexibility index (Phi) is 7.99. The van der Waals surface area contributed by atoms with Gasteiger partial charge in [0.15, 0.2) is 28.4 Å². The molecule has 14 nitrogen and oxygen atoms in total. The number of amides is 2. The first-order valence-corrected chi connectivity index (χ1v) is 14.8. The number of nitrogens with two attached hydrogens (primary N) is 2. The highest BCUT2D eigenvalue weighted by Crippen LogP contribution is 2.27. The highest BCUT2D eigenvalue weighted by atomic mass is 35.5. The smallest absolute Gasteiger partial charge is 0.280 e. The zero-order valence-corrected chi connectivity index (χ0v) is 24.2. The SMILES string of the molecule is CN(Cc1cccnc1)S(=O)(=O)c1cccc(C(=O)N2CCC3(CC2)CN=C(NC(=O)c2nc(Cl)c(N)nc2N)N3)c1. The summed E-state index contributed by atoms with van der Waals surface area (Å²) in [7, 11) is -2.35. The number of aliphatic imine (C=N–C) groups is 1. The summed E-state index contributed by atoms with van der Waals surface area (Å²) in [4.78, 5) is 43.9. The van der Waals surface area contributed by atoms with Crippen molar-refractivity contribution < 1.29 is 18.0 Å². The number of sulfonamides is 1. The molecule has 2 aliphatic heterocycles. The van der Waals surface area contributed by atoms with Gasteiger partial charge in [-0.25, -0.2) is 18.4 Å². The van der Waals surface area contributed by atoms with E-state index < -0.39 is 21.5 Å². The van der Waals surface area contributed by atoms with Crippen molar-refractivity contribution >= 4 is 51.0 Å². The van der Waals surface area contributed by atoms with Crippen LogP contribution in [-0.2, 0) is 16.6 Å². The monoisotopic (exact) mass is 612 g/mol. The van der Waals surface area contributed by atoms with Gasteiger partial charge in [-0.15, -0.1) is 0 Å². The Bertz CT molecular complexity index is 1660. The van der Waals surface area contributed by atoms with E-state index in [2.05, 4.69) is 30.6 Å². The van der Waals surface area contributed by atoms with Crippen LogP contribution in [0.1, 0.15) is 39.3 Å². The molecule has 1 spiro atoms. The summed E-state index contributed by atoms with van der Waals surface area (Å²) in [6.45, 7) is 1.36. The van der Waals surface area contributed by atoms with Gasteiger partial charge in [-0.1, -0.05) is 23.7 Å². The van der Waals surface area contributed by atoms with Crippen LogP contribution in [0.15, 0.2) is 58.7 Å². The Morgan fingerprint density at radius 3 is 2.62 bits per heavy atom. The van der Waals surface area contributed by atoms with E-state index in [-0.39, 0.29) is 51.4 Å². The van der Waals surface area contributed by atoms with Crippen molar-refractivity contribution in [2.75, 3.05) is 38.1 Å². The third-order valence-corrected chi connectivity index (χ3v) is 9.28. The van der Waals surface area contributed by atoms with Crippen LogP contribution in [0.3, 0.4) is 0 Å². The molecule has 1 fully saturated rings. The number of benzene rings is 1. The lowest BCUT2D eigenvalue weighted by Gasteiger charge is -2.39. The number of pyridine rings is 1. The predicted molar refractivity (Wildman–Crippen MR) is 156 cm³/mol. The summed E-state index contributed by atoms with van der Waals surface area (Å²) in [5, 5.41) is 5.75. The lowest BCUT2D eigenvalue weighted by molar-refractivity contribution is 0.0668. The Balaban J connectivity index is 1.19. The molecular weight excluding hydrogens is 584 g/mol. The number of guanidine groups is 1. The van der Waals surface area contributed by atoms with Crippen LogP contribution in [0.5, 0.6) is 0 Å². The summed E-state index contributed by atoms with van der Waals surface area (Å²) < 4.78 is 27.6. The molecule has 0 saturated carbocycles. The fraction of sp³-hybridized carbons (Fsp3) is 0.308. The van der Waals surface area contributed by atoms with Gasteiger partial charge in [0, 0.05) is 44.6 Å². The Labute approximate surface area is 247 Å². The quantitative estimate of drug-likeness (QED) is 0.309. The zero-order valence-electron chi connectivity index (χ0n) is 22.6. The molecular formula is C26H29ClN10O4S. The van der Waals surface area contributed by atoms with Crippen molar-refractivity contribution in [2.24, 2.45) is 4.99 Å². The maximum atomic E-state index is 13.4. The van der Waals surface area contributed by atoms with E-state index >= 15 is 0 Å². The summed E-state index contributed by atoms with van der Waals surface area (Å²) >= 11 is 5.87. The predicted octanol–water partition coefficient (Wildman–Crippen LogP) is 0.874. The number of carbonyl (C=O) groups excluding carboxylic acids is 2. The third kappa shape index (κ3) is 5.98. The molecule has 5 rings (SSSR count). The Morgan fingerprint density at radius 1 is 1.14 bits per heavy atom. The van der Waals surface area contributed by atoms with E-state index in [0.29, 0.717) is 32.5 Å². The number of hydrogen-bond donors (Lipinski definition) is 4. The molecule has 0 unspecified atom stereocenters. The molecule has 1 aromatic carbocycles. The van der Waals surface area contributed by atoms with Crippen LogP contribution in [0.2, 0.25) is 5.15 Å². The molecule has 6 N–H and O–H groups in total. The van der Waals surface area contributed by atoms with E-state index in [4.69, 9.17) is 23.1 Å². The Hall–Kier alpha value is -4.34. The van der Waals surface area contributed by atoms with Gasteiger partial charge >= 0.3 is 0 Å². The van der Waals surface area contributed by atoms with Crippen LogP contribution in [-0.4, -0.2) is 82.6 Å². The molecule has 1 saturated heterocycles. The van der Waals surface area contributed by atoms with E-state index in [1.165, 1.54) is 23.5 Å². The maximum absolute atomic E-state index is 13.4. The lowest BCUT2D eigenvalue weighted by atomic mass is 9.88. The van der Waals surface area contributed by atoms with Gasteiger partial charge in [-0.2, -0.15) is 4.31 Å². The largest absolute Gasteiger partial charge is 0.382 e. The molecule has 3 aromatic rings. The van der Waals surface area contributed by atoms with E-state index in [1.807, 2.05) is 0 Å². The fourth-order valence-electron chi connectivity index (χ4n) is 4.81. The van der Waals surface area contributed by atoms with Crippen molar-refractivity contribution in [1.82, 2.24) is 34.8 Å². The maximum Gasteiger partial charge on any atom is 0.280 e. The number of nitrogens with one attached hydrogen (secondary N) is 2. The first kappa shape index (κ1) is 29.2. The summed E-state index contributed by atoms with van der Waals surface area (Å²) in [5.41, 5.74) is 11.7. The van der Waals surface area contributed by atoms with E-state index in [0.717, 1.165) is 5.56 Å². The average Bonchev–Trinajstić information content (AvgIpc) is 3.36. The van der Waals surface area contributed by atoms with E-state index in [9.17, 15) is 18.0 Å². The second kappa shape index (κ2) is 11.5. The van der Waals surface area contributed by atoms with Gasteiger partial charge in [0.25, 0.3) is 11.8 Å². The normalized spacial score (nSPS) is 16.3. The van der Waals surface area contributed by atoms with Gasteiger partial charge in [-0.3, -0.25) is 24.9 Å². The number of rotatable bonds is 6. The van der Waals surface area contributed by atoms with Crippen molar-refractivity contribution in [3.05, 3.63) is 70.8 Å². The molecule has 0 bridgehead atoms. The van der Waals surface area contributed by atoms with Gasteiger partial charge in [0.05, 0.1) is 17.0 Å². The Morgan fingerprint density at radius 2 is 1.90 bits per heavy atom. The molecule has 0 atom stereocenters. The van der Waals surface area contributed by atoms with Crippen molar-refractivity contribution in [1.29, 1.82) is 0 Å². The second-order valence-corrected chi connectivity index (χ2v) is 12.5. The van der Waals surface area contributed by atoms with Crippen molar-refractivity contribution in [3.8, 4) is 0 Å². The standard InChI is InChI=1S/C26H29ClN10O4S/c1-36(14-16-4-3-9-30-13-16)42(40,41)18-6-2-5-17(12-18)24(39)37-10-7-26(8-11-37)15-31-25(35-26)34-23(38)19-21(28)33-22(29)20(27)32-19/h2-6,9,12-13H,7-8,10-11,14-15H2,1H3,(H4,28,29,33)(H2,31,34,35,38). The highest BCUT2D eigenvalue weighted by Gasteiger charge is 2.40. The lowest BCUT2D eigenvalue weighted by Crippen LogP contribution is -2.57. The van der Waals surface area contributed by atoms with Crippen molar-refractivity contribution in [3.63, 3.8) is 0 Å². The number of anilines is 2. The molecule has 2 aromatic heterocycles. The minimum atomic E-state index is -3.84. The average molecular weight is 613 g/mol. The molecule has 42 heavy (non-hydrogen) atoms. The van der Waals surface area contributed by atoms with Crippen LogP contribution in [0, 0.1) is 0 Å². The molecule has 2 aliphatic rings. The fourth-order valence-corrected chi connectivity index (χ4v) is 6.15. The molecule has 0 radical (unpaired) electrons. The number of piperidine rings is 1. The number of hydrogen-bond acceptors (Lipinski definition) is 11. The summed E-state index contributed by atoms with van der Waals surface area (Å²) in [5.74, 6) is -0.894. The summed E-state index contributed by atoms with van der Waals surface area (Å²) in [6.07, 6.45) is 4.34. The van der Waals surface area contributed by atoms with Crippen LogP contribution in [0.25, 0.3) is 0 Å². The van der Waals surface area contributed by atoms with Gasteiger partial charge in [-0.05, 0) is 42.7 Å². The summed E-state index contributed by atoms with van der Waals surface area (Å²) in [6, 6.07) is 9.59. The number of carbonyl (C=O) groups is 2. The molecule has 2 amide bonds. The second-order valence-electron chi connectivity index (χ2n) is 10.1. The molecule has 220 valence electrons. The van der Waals surface area contributed by atoms with E-state index in [1.54, 1.807) is 41.6 Å². The first-order chi connectivity index (χ1) is 20.0. The number of nitrogen functional groups attached to an aromatic ring is 2. The number of nitrogens with zero attached hydrogens (tertiary/aromatic N) is 6. The third-order valence-electron chi connectivity index (χ3n) is 7.20. The number of aromatic nitrogens is 3. The number of halogens is 1. The topological polar surface area (TPSA) is 202 Å². The minimum absolute atomic E-state index is 0.0344. The molecule has 4 heterocycles. The van der Waals surface area contributed by atoms with Crippen LogP contribution < -0.4 is 22.1 Å². The minimum Gasteiger partial charge on any atom is -0.382 e. The molecule has 0 aliphatic carbocycles. The van der Waals surface area contributed by atoms with Crippen molar-refractivity contribution in [2.45, 2.75) is 29.8 Å². The van der Waals surface area contributed by atoms with Gasteiger partial charge < -0.3 is 21.7 Å². The zero-order chi connectivity index (χ0) is 30.1. The van der Waals surface area contributed by atoms with Gasteiger partial charge in [0.2, 0.25) is 10.0 Å². The first-order valence-electron chi connectivity index (χ1n) is 12.9. The highest BCUT2D eigenvalue weighted by molar-refractivity contribution is 7.89.